The summed E-state index contributed by atoms with van der Waals surface area (Å²) in [5.74, 6) is 0. The highest BCUT2D eigenvalue weighted by Crippen LogP contribution is 2.13. The van der Waals surface area contributed by atoms with E-state index in [9.17, 15) is 0 Å². The van der Waals surface area contributed by atoms with Crippen LogP contribution >= 0.6 is 15.9 Å². The van der Waals surface area contributed by atoms with Gasteiger partial charge in [0.05, 0.1) is 26.7 Å². The highest BCUT2D eigenvalue weighted by Gasteiger charge is 2.19. The van der Waals surface area contributed by atoms with Gasteiger partial charge in [-0.25, -0.2) is 0 Å². The van der Waals surface area contributed by atoms with Crippen LogP contribution in [0.4, 0.5) is 0 Å². The number of rotatable bonds is 14. The van der Waals surface area contributed by atoms with E-state index in [-0.39, 0.29) is 0 Å². The molecule has 0 amide bonds. The van der Waals surface area contributed by atoms with E-state index < -0.39 is 0 Å². The van der Waals surface area contributed by atoms with E-state index in [4.69, 9.17) is 0 Å². The Balaban J connectivity index is 3.92. The van der Waals surface area contributed by atoms with Crippen molar-refractivity contribution in [2.75, 3.05) is 32.0 Å². The molecular weight excluding hydrogens is 298 g/mol. The first kappa shape index (κ1) is 19.4. The van der Waals surface area contributed by atoms with E-state index in [0.717, 1.165) is 0 Å². The molecule has 0 radical (unpaired) electrons. The first-order chi connectivity index (χ1) is 9.18. The summed E-state index contributed by atoms with van der Waals surface area (Å²) in [5, 5.41) is 1.17. The second-order valence-corrected chi connectivity index (χ2v) is 7.10. The van der Waals surface area contributed by atoms with Gasteiger partial charge in [-0.05, 0) is 38.5 Å². The molecule has 1 atom stereocenters. The van der Waals surface area contributed by atoms with Gasteiger partial charge in [0, 0.05) is 5.33 Å². The topological polar surface area (TPSA) is 0 Å². The fraction of sp³-hybridized carbons (Fsp3) is 1.00. The highest BCUT2D eigenvalue weighted by molar-refractivity contribution is 9.09. The number of unbranched alkanes of at least 4 members (excludes halogenated alkanes) is 7. The van der Waals surface area contributed by atoms with E-state index in [1.807, 2.05) is 0 Å². The van der Waals surface area contributed by atoms with Gasteiger partial charge in [-0.15, -0.1) is 0 Å². The maximum Gasteiger partial charge on any atom is 0.0784 e. The molecule has 0 aromatic heterocycles. The Kier molecular flexibility index (Phi) is 13.7. The van der Waals surface area contributed by atoms with Crippen LogP contribution in [0.3, 0.4) is 0 Å². The number of hydrogen-bond acceptors (Lipinski definition) is 0. The summed E-state index contributed by atoms with van der Waals surface area (Å²) in [6.07, 6.45) is 13.9. The van der Waals surface area contributed by atoms with Gasteiger partial charge in [-0.1, -0.05) is 55.5 Å². The molecule has 116 valence electrons. The number of nitrogens with zero attached hydrogens (tertiary/aromatic N) is 1. The fourth-order valence-corrected chi connectivity index (χ4v) is 3.16. The predicted octanol–water partition coefficient (Wildman–Crippen LogP) is 5.77. The zero-order valence-electron chi connectivity index (χ0n) is 13.7. The molecule has 1 nitrogen and oxygen atoms in total. The van der Waals surface area contributed by atoms with Crippen molar-refractivity contribution in [1.29, 1.82) is 0 Å². The number of alkyl halides is 1. The molecule has 0 aliphatic heterocycles. The third-order valence-corrected chi connectivity index (χ3v) is 4.75. The van der Waals surface area contributed by atoms with E-state index in [1.54, 1.807) is 0 Å². The molecule has 0 saturated heterocycles. The number of hydrogen-bond donors (Lipinski definition) is 0. The zero-order valence-corrected chi connectivity index (χ0v) is 15.3. The summed E-state index contributed by atoms with van der Waals surface area (Å²) in [7, 11) is 2.49. The lowest BCUT2D eigenvalue weighted by Crippen LogP contribution is -2.46. The minimum Gasteiger partial charge on any atom is -0.326 e. The van der Waals surface area contributed by atoms with Gasteiger partial charge in [-0.3, -0.25) is 0 Å². The third-order valence-electron chi connectivity index (χ3n) is 4.18. The molecule has 0 aliphatic rings. The summed E-state index contributed by atoms with van der Waals surface area (Å²) in [5.41, 5.74) is 0. The Hall–Kier alpha value is 0.440. The molecule has 0 fully saturated rings. The van der Waals surface area contributed by atoms with Crippen LogP contribution in [-0.4, -0.2) is 36.5 Å². The van der Waals surface area contributed by atoms with Gasteiger partial charge < -0.3 is 4.48 Å². The molecule has 0 N–H and O–H groups in total. The second kappa shape index (κ2) is 13.4. The molecule has 19 heavy (non-hydrogen) atoms. The molecule has 0 bridgehead atoms. The van der Waals surface area contributed by atoms with E-state index in [2.05, 4.69) is 36.8 Å². The van der Waals surface area contributed by atoms with Crippen molar-refractivity contribution < 1.29 is 4.48 Å². The number of quaternary nitrogens is 1. The first-order valence-electron chi connectivity index (χ1n) is 8.58. The van der Waals surface area contributed by atoms with Crippen molar-refractivity contribution in [3.05, 3.63) is 0 Å². The van der Waals surface area contributed by atoms with Crippen LogP contribution in [-0.2, 0) is 0 Å². The largest absolute Gasteiger partial charge is 0.326 e. The van der Waals surface area contributed by atoms with Crippen LogP contribution in [0.2, 0.25) is 0 Å². The Bertz CT molecular complexity index is 172. The van der Waals surface area contributed by atoms with Crippen LogP contribution in [0.15, 0.2) is 0 Å². The molecule has 0 aliphatic carbocycles. The average molecular weight is 335 g/mol. The summed E-state index contributed by atoms with van der Waals surface area (Å²) in [4.78, 5) is 0. The standard InChI is InChI=1S/C17H37BrN/c1-4-6-8-9-12-16-19(3,15-11-7-5-2)17-13-10-14-18/h4-17H2,1-3H3/q+1. The highest BCUT2D eigenvalue weighted by atomic mass is 79.9. The van der Waals surface area contributed by atoms with Crippen LogP contribution < -0.4 is 0 Å². The summed E-state index contributed by atoms with van der Waals surface area (Å²) in [6.45, 7) is 8.77. The second-order valence-electron chi connectivity index (χ2n) is 6.31. The maximum atomic E-state index is 3.56. The quantitative estimate of drug-likeness (QED) is 0.215. The van der Waals surface area contributed by atoms with Crippen molar-refractivity contribution in [2.45, 2.75) is 78.1 Å². The van der Waals surface area contributed by atoms with Crippen LogP contribution in [0, 0.1) is 0 Å². The Morgan fingerprint density at radius 2 is 1.05 bits per heavy atom. The molecule has 0 saturated carbocycles. The minimum atomic E-state index is 1.17. The van der Waals surface area contributed by atoms with Crippen molar-refractivity contribution >= 4 is 15.9 Å². The Morgan fingerprint density at radius 3 is 1.58 bits per heavy atom. The minimum absolute atomic E-state index is 1.17. The summed E-state index contributed by atoms with van der Waals surface area (Å²) in [6, 6.07) is 0. The van der Waals surface area contributed by atoms with Gasteiger partial charge >= 0.3 is 0 Å². The molecule has 0 rings (SSSR count). The lowest BCUT2D eigenvalue weighted by molar-refractivity contribution is -0.910. The molecule has 1 unspecified atom stereocenters. The van der Waals surface area contributed by atoms with Crippen molar-refractivity contribution in [1.82, 2.24) is 0 Å². The lowest BCUT2D eigenvalue weighted by atomic mass is 10.1. The Morgan fingerprint density at radius 1 is 0.632 bits per heavy atom. The maximum absolute atomic E-state index is 3.56. The molecule has 0 heterocycles. The monoisotopic (exact) mass is 334 g/mol. The third kappa shape index (κ3) is 11.9. The molecule has 0 aromatic rings. The normalized spacial score (nSPS) is 14.5. The van der Waals surface area contributed by atoms with Gasteiger partial charge in [-0.2, -0.15) is 0 Å². The lowest BCUT2D eigenvalue weighted by Gasteiger charge is -2.35. The van der Waals surface area contributed by atoms with Gasteiger partial charge in [0.2, 0.25) is 0 Å². The summed E-state index contributed by atoms with van der Waals surface area (Å²) < 4.78 is 1.32. The first-order valence-corrected chi connectivity index (χ1v) is 9.70. The Labute approximate surface area is 130 Å². The van der Waals surface area contributed by atoms with E-state index in [1.165, 1.54) is 93.7 Å². The number of halogens is 1. The van der Waals surface area contributed by atoms with Gasteiger partial charge in [0.25, 0.3) is 0 Å². The van der Waals surface area contributed by atoms with Crippen LogP contribution in [0.25, 0.3) is 0 Å². The van der Waals surface area contributed by atoms with Gasteiger partial charge in [0.1, 0.15) is 0 Å². The zero-order chi connectivity index (χ0) is 14.4. The van der Waals surface area contributed by atoms with Gasteiger partial charge in [0.15, 0.2) is 0 Å². The molecule has 2 heteroatoms. The van der Waals surface area contributed by atoms with Crippen molar-refractivity contribution in [3.63, 3.8) is 0 Å². The fourth-order valence-electron chi connectivity index (χ4n) is 2.76. The van der Waals surface area contributed by atoms with E-state index in [0.29, 0.717) is 0 Å². The van der Waals surface area contributed by atoms with Crippen molar-refractivity contribution in [3.8, 4) is 0 Å². The van der Waals surface area contributed by atoms with Crippen LogP contribution in [0.5, 0.6) is 0 Å². The average Bonchev–Trinajstić information content (AvgIpc) is 2.39. The molecule has 0 spiro atoms. The predicted molar refractivity (Wildman–Crippen MR) is 92.1 cm³/mol. The summed E-state index contributed by atoms with van der Waals surface area (Å²) >= 11 is 3.56. The van der Waals surface area contributed by atoms with E-state index >= 15 is 0 Å². The smallest absolute Gasteiger partial charge is 0.0784 e. The van der Waals surface area contributed by atoms with Crippen molar-refractivity contribution in [2.24, 2.45) is 0 Å². The molecular formula is C17H37BrN+. The SMILES string of the molecule is CCCCCCC[N+](C)(CCCCC)CCCCBr. The van der Waals surface area contributed by atoms with Crippen LogP contribution in [0.1, 0.15) is 78.1 Å². The molecule has 0 aromatic carbocycles.